The van der Waals surface area contributed by atoms with Gasteiger partial charge in [0.15, 0.2) is 0 Å². The van der Waals surface area contributed by atoms with Crippen LogP contribution in [0.4, 0.5) is 0 Å². The molecule has 0 saturated carbocycles. The van der Waals surface area contributed by atoms with E-state index in [2.05, 4.69) is 28.6 Å². The lowest BCUT2D eigenvalue weighted by Crippen LogP contribution is -1.79. The van der Waals surface area contributed by atoms with E-state index < -0.39 is 0 Å². The molecule has 0 fully saturated rings. The largest absolute Gasteiger partial charge is 0.247 e. The Labute approximate surface area is 42.2 Å². The zero-order chi connectivity index (χ0) is 5.11. The third-order valence-electron chi connectivity index (χ3n) is 0.547. The Bertz CT molecular complexity index is 136. The standard InChI is InChI=1S/C5H3N2/c1-5-4-6-2-3-7-5/h1H3. The molecule has 1 aromatic rings. The molecule has 1 aromatic heterocycles. The summed E-state index contributed by atoms with van der Waals surface area (Å²) in [6.45, 7) is 1.80. The van der Waals surface area contributed by atoms with Crippen LogP contribution in [-0.4, -0.2) is 9.97 Å². The van der Waals surface area contributed by atoms with Crippen LogP contribution in [0.25, 0.3) is 0 Å². The third kappa shape index (κ3) is 0.961. The van der Waals surface area contributed by atoms with Crippen LogP contribution in [0.15, 0.2) is 0 Å². The van der Waals surface area contributed by atoms with Gasteiger partial charge in [0.2, 0.25) is 0 Å². The molecule has 7 heavy (non-hydrogen) atoms. The molecule has 0 aromatic carbocycles. The van der Waals surface area contributed by atoms with Gasteiger partial charge in [-0.05, 0) is 6.92 Å². The molecule has 2 heteroatoms. The highest BCUT2D eigenvalue weighted by Crippen LogP contribution is 1.78. The Morgan fingerprint density at radius 3 is 2.57 bits per heavy atom. The number of hydrogen-bond donors (Lipinski definition) is 0. The minimum absolute atomic E-state index is 0.749. The molecule has 0 aliphatic rings. The third-order valence-corrected chi connectivity index (χ3v) is 0.547. The van der Waals surface area contributed by atoms with Crippen molar-refractivity contribution >= 4 is 0 Å². The molecule has 3 radical (unpaired) electrons. The van der Waals surface area contributed by atoms with Crippen molar-refractivity contribution in [3.63, 3.8) is 0 Å². The van der Waals surface area contributed by atoms with Crippen molar-refractivity contribution in [1.29, 1.82) is 0 Å². The van der Waals surface area contributed by atoms with E-state index in [9.17, 15) is 0 Å². The number of rotatable bonds is 0. The average Bonchev–Trinajstić information content (AvgIpc) is 1.69. The SMILES string of the molecule is Cc1[c]n[c][c]n1. The maximum atomic E-state index is 3.68. The van der Waals surface area contributed by atoms with Crippen molar-refractivity contribution in [1.82, 2.24) is 9.97 Å². The van der Waals surface area contributed by atoms with Crippen molar-refractivity contribution in [3.05, 3.63) is 24.3 Å². The highest BCUT2D eigenvalue weighted by Gasteiger charge is 1.77. The number of aryl methyl sites for hydroxylation is 1. The van der Waals surface area contributed by atoms with Crippen LogP contribution in [-0.2, 0) is 0 Å². The molecule has 0 aliphatic heterocycles. The molecule has 2 nitrogen and oxygen atoms in total. The predicted octanol–water partition coefficient (Wildman–Crippen LogP) is 0.186. The summed E-state index contributed by atoms with van der Waals surface area (Å²) in [6.07, 6.45) is 7.42. The summed E-state index contributed by atoms with van der Waals surface area (Å²) in [4.78, 5) is 7.20. The van der Waals surface area contributed by atoms with Crippen molar-refractivity contribution in [2.45, 2.75) is 6.92 Å². The second-order valence-corrected chi connectivity index (χ2v) is 1.14. The lowest BCUT2D eigenvalue weighted by atomic mass is 10.5. The molecule has 0 spiro atoms. The summed E-state index contributed by atoms with van der Waals surface area (Å²) >= 11 is 0. The Morgan fingerprint density at radius 2 is 2.29 bits per heavy atom. The summed E-state index contributed by atoms with van der Waals surface area (Å²) in [5, 5.41) is 0. The second kappa shape index (κ2) is 1.69. The summed E-state index contributed by atoms with van der Waals surface area (Å²) in [5.74, 6) is 0. The molecular weight excluding hydrogens is 88.1 g/mol. The minimum Gasteiger partial charge on any atom is -0.247 e. The molecule has 1 heterocycles. The molecule has 0 amide bonds. The zero-order valence-corrected chi connectivity index (χ0v) is 3.89. The van der Waals surface area contributed by atoms with E-state index in [0.717, 1.165) is 5.69 Å². The van der Waals surface area contributed by atoms with Crippen molar-refractivity contribution in [3.8, 4) is 0 Å². The van der Waals surface area contributed by atoms with Crippen LogP contribution < -0.4 is 0 Å². The van der Waals surface area contributed by atoms with Gasteiger partial charge in [-0.15, -0.1) is 0 Å². The summed E-state index contributed by atoms with van der Waals surface area (Å²) in [6, 6.07) is 0. The van der Waals surface area contributed by atoms with Crippen molar-refractivity contribution < 1.29 is 0 Å². The summed E-state index contributed by atoms with van der Waals surface area (Å²) < 4.78 is 0. The van der Waals surface area contributed by atoms with E-state index in [-0.39, 0.29) is 0 Å². The monoisotopic (exact) mass is 91.0 g/mol. The summed E-state index contributed by atoms with van der Waals surface area (Å²) in [7, 11) is 0. The van der Waals surface area contributed by atoms with E-state index in [1.54, 1.807) is 6.92 Å². The Hall–Kier alpha value is -0.920. The maximum absolute atomic E-state index is 3.68. The number of hydrogen-bond acceptors (Lipinski definition) is 2. The molecular formula is C5H3N2. The van der Waals surface area contributed by atoms with E-state index in [0.29, 0.717) is 0 Å². The number of nitrogens with zero attached hydrogens (tertiary/aromatic N) is 2. The smallest absolute Gasteiger partial charge is 0.120 e. The fraction of sp³-hybridized carbons (Fsp3) is 0.200. The second-order valence-electron chi connectivity index (χ2n) is 1.14. The van der Waals surface area contributed by atoms with Crippen LogP contribution in [0, 0.1) is 25.5 Å². The van der Waals surface area contributed by atoms with Crippen LogP contribution in [0.5, 0.6) is 0 Å². The molecule has 0 bridgehead atoms. The molecule has 0 unspecified atom stereocenters. The van der Waals surface area contributed by atoms with E-state index >= 15 is 0 Å². The average molecular weight is 91.1 g/mol. The van der Waals surface area contributed by atoms with Crippen molar-refractivity contribution in [2.24, 2.45) is 0 Å². The fourth-order valence-corrected chi connectivity index (χ4v) is 0.268. The van der Waals surface area contributed by atoms with Gasteiger partial charge in [0.05, 0.1) is 5.69 Å². The highest BCUT2D eigenvalue weighted by molar-refractivity contribution is 4.84. The van der Waals surface area contributed by atoms with E-state index in [4.69, 9.17) is 0 Å². The first-order chi connectivity index (χ1) is 3.39. The zero-order valence-electron chi connectivity index (χ0n) is 3.89. The first-order valence-corrected chi connectivity index (χ1v) is 1.89. The van der Waals surface area contributed by atoms with Gasteiger partial charge in [-0.2, -0.15) is 0 Å². The van der Waals surface area contributed by atoms with Gasteiger partial charge in [-0.1, -0.05) is 0 Å². The topological polar surface area (TPSA) is 25.8 Å². The Morgan fingerprint density at radius 1 is 1.43 bits per heavy atom. The van der Waals surface area contributed by atoms with Gasteiger partial charge in [0.25, 0.3) is 0 Å². The molecule has 33 valence electrons. The first-order valence-electron chi connectivity index (χ1n) is 1.89. The first kappa shape index (κ1) is 4.24. The van der Waals surface area contributed by atoms with Crippen LogP contribution in [0.1, 0.15) is 5.69 Å². The Kier molecular flexibility index (Phi) is 1.02. The van der Waals surface area contributed by atoms with Gasteiger partial charge in [-0.25, -0.2) is 9.97 Å². The maximum Gasteiger partial charge on any atom is 0.120 e. The minimum atomic E-state index is 0.749. The highest BCUT2D eigenvalue weighted by atomic mass is 14.7. The van der Waals surface area contributed by atoms with Crippen LogP contribution in [0.3, 0.4) is 0 Å². The normalized spacial score (nSPS) is 8.71. The van der Waals surface area contributed by atoms with Gasteiger partial charge >= 0.3 is 0 Å². The summed E-state index contributed by atoms with van der Waals surface area (Å²) in [5.41, 5.74) is 0.749. The van der Waals surface area contributed by atoms with E-state index in [1.807, 2.05) is 0 Å². The lowest BCUT2D eigenvalue weighted by Gasteiger charge is -1.78. The van der Waals surface area contributed by atoms with Gasteiger partial charge < -0.3 is 0 Å². The van der Waals surface area contributed by atoms with Crippen molar-refractivity contribution in [2.75, 3.05) is 0 Å². The quantitative estimate of drug-likeness (QED) is 0.455. The van der Waals surface area contributed by atoms with Gasteiger partial charge in [0.1, 0.15) is 18.6 Å². The van der Waals surface area contributed by atoms with Gasteiger partial charge in [0, 0.05) is 0 Å². The molecule has 0 atom stereocenters. The molecule has 1 rings (SSSR count). The molecule has 0 saturated heterocycles. The predicted molar refractivity (Wildman–Crippen MR) is 23.3 cm³/mol. The van der Waals surface area contributed by atoms with Crippen LogP contribution >= 0.6 is 0 Å². The number of aromatic nitrogens is 2. The Balaban J connectivity index is 3.02. The molecule has 0 aliphatic carbocycles. The lowest BCUT2D eigenvalue weighted by molar-refractivity contribution is 1.09. The van der Waals surface area contributed by atoms with E-state index in [1.165, 1.54) is 0 Å². The molecule has 0 N–H and O–H groups in total. The fourth-order valence-electron chi connectivity index (χ4n) is 0.268. The van der Waals surface area contributed by atoms with Gasteiger partial charge in [-0.3, -0.25) is 0 Å². The van der Waals surface area contributed by atoms with Crippen LogP contribution in [0.2, 0.25) is 0 Å².